The number of carbonyl (C=O) groups is 5. The molecule has 0 bridgehead atoms. The highest BCUT2D eigenvalue weighted by molar-refractivity contribution is 5.87. The Morgan fingerprint density at radius 2 is 0.600 bits per heavy atom. The van der Waals surface area contributed by atoms with E-state index in [0.29, 0.717) is 77.2 Å². The van der Waals surface area contributed by atoms with Crippen molar-refractivity contribution in [1.82, 2.24) is 0 Å². The third-order valence-corrected chi connectivity index (χ3v) is 5.19. The van der Waals surface area contributed by atoms with Gasteiger partial charge in [0.15, 0.2) is 0 Å². The van der Waals surface area contributed by atoms with Crippen molar-refractivity contribution < 1.29 is 80.8 Å². The van der Waals surface area contributed by atoms with E-state index in [1.54, 1.807) is 13.8 Å². The second-order valence-electron chi connectivity index (χ2n) is 10.1. The predicted molar refractivity (Wildman–Crippen MR) is 227 cm³/mol. The van der Waals surface area contributed by atoms with E-state index in [-0.39, 0.29) is 32.4 Å². The average molecular weight is 855 g/mol. The fourth-order valence-corrected chi connectivity index (χ4v) is 2.49. The number of esters is 5. The van der Waals surface area contributed by atoms with Gasteiger partial charge in [-0.2, -0.15) is 0 Å². The Kier molecular flexibility index (Phi) is 57.4. The maximum absolute atomic E-state index is 10.9. The van der Waals surface area contributed by atoms with Crippen LogP contribution in [-0.2, 0) is 80.8 Å². The first-order valence-electron chi connectivity index (χ1n) is 18.1. The molecule has 0 aliphatic heterocycles. The number of carbonyl (C=O) groups excluding carboxylic acids is 5. The SMILES string of the molecule is C=COCCCCOC(=O)C=C.C=COCCOC(=O)C(=C)C.C=COCCOC(=O)C=C.C=COCCOCCOC(=O)C(=C)C.C=COCCOCCOC(=O)C=C. The Morgan fingerprint density at radius 3 is 0.933 bits per heavy atom. The highest BCUT2D eigenvalue weighted by Gasteiger charge is 2.02. The van der Waals surface area contributed by atoms with Crippen molar-refractivity contribution >= 4 is 29.8 Å². The average Bonchev–Trinajstić information content (AvgIpc) is 3.24. The number of hydrogen-bond acceptors (Lipinski definition) is 17. The van der Waals surface area contributed by atoms with Crippen molar-refractivity contribution in [1.29, 1.82) is 0 Å². The first kappa shape index (κ1) is 62.9. The minimum absolute atomic E-state index is 0.233. The molecule has 0 spiro atoms. The van der Waals surface area contributed by atoms with Gasteiger partial charge < -0.3 is 56.8 Å². The van der Waals surface area contributed by atoms with Gasteiger partial charge in [-0.05, 0) is 26.7 Å². The first-order chi connectivity index (χ1) is 28.8. The third kappa shape index (κ3) is 63.6. The van der Waals surface area contributed by atoms with E-state index < -0.39 is 23.9 Å². The van der Waals surface area contributed by atoms with Crippen LogP contribution in [0.15, 0.2) is 126 Å². The minimum Gasteiger partial charge on any atom is -0.502 e. The van der Waals surface area contributed by atoms with Crippen LogP contribution < -0.4 is 0 Å². The molecular weight excluding hydrogens is 788 g/mol. The maximum Gasteiger partial charge on any atom is 0.333 e. The summed E-state index contributed by atoms with van der Waals surface area (Å²) in [5.41, 5.74) is 0.781. The molecule has 340 valence electrons. The van der Waals surface area contributed by atoms with Crippen molar-refractivity contribution in [2.45, 2.75) is 26.7 Å². The molecule has 0 radical (unpaired) electrons. The monoisotopic (exact) mass is 854 g/mol. The standard InChI is InChI=1S/C10H16O4.C9H14O4.C9H14O3.C8H12O3.C7H10O3/c1-4-12-5-6-13-7-8-14-10(11)9(2)3;1-3-9(10)13-8-7-12-6-5-11-4-2;1-3-9(10)12-8-6-5-7-11-4-2;1-4-10-5-6-11-8(9)7(2)3;1-3-7(8)10-6-5-9-4-2/h4H,1-2,5-8H2,3H3;3-4H,1-2,5-8H2;3-4H,1-2,5-8H2;4H,1-2,5-6H2,3H3;3-4H,1-2,5-6H2. The molecule has 0 aliphatic rings. The molecule has 17 nitrogen and oxygen atoms in total. The summed E-state index contributed by atoms with van der Waals surface area (Å²) in [7, 11) is 0. The van der Waals surface area contributed by atoms with Gasteiger partial charge >= 0.3 is 29.8 Å². The smallest absolute Gasteiger partial charge is 0.333 e. The van der Waals surface area contributed by atoms with Crippen LogP contribution in [0, 0.1) is 0 Å². The summed E-state index contributed by atoms with van der Waals surface area (Å²) < 4.78 is 57.4. The number of unbranched alkanes of at least 4 members (excludes halogenated alkanes) is 1. The van der Waals surface area contributed by atoms with Gasteiger partial charge in [-0.25, -0.2) is 24.0 Å². The number of hydrogen-bond donors (Lipinski definition) is 0. The Hall–Kier alpha value is -6.33. The third-order valence-electron chi connectivity index (χ3n) is 5.19. The van der Waals surface area contributed by atoms with Crippen molar-refractivity contribution in [3.63, 3.8) is 0 Å². The van der Waals surface area contributed by atoms with Crippen LogP contribution >= 0.6 is 0 Å². The molecule has 0 atom stereocenters. The zero-order valence-electron chi connectivity index (χ0n) is 35.4. The summed E-state index contributed by atoms with van der Waals surface area (Å²) in [4.78, 5) is 52.9. The van der Waals surface area contributed by atoms with Gasteiger partial charge in [0.05, 0.1) is 71.0 Å². The van der Waals surface area contributed by atoms with Crippen LogP contribution in [0.3, 0.4) is 0 Å². The molecule has 0 unspecified atom stereocenters. The summed E-state index contributed by atoms with van der Waals surface area (Å²) in [5, 5.41) is 0. The van der Waals surface area contributed by atoms with Gasteiger partial charge in [0.1, 0.15) is 52.9 Å². The van der Waals surface area contributed by atoms with Crippen molar-refractivity contribution in [2.24, 2.45) is 0 Å². The van der Waals surface area contributed by atoms with Gasteiger partial charge in [-0.15, -0.1) is 0 Å². The first-order valence-corrected chi connectivity index (χ1v) is 18.1. The summed E-state index contributed by atoms with van der Waals surface area (Å²) >= 11 is 0. The fourth-order valence-electron chi connectivity index (χ4n) is 2.49. The van der Waals surface area contributed by atoms with Crippen molar-refractivity contribution in [3.05, 3.63) is 126 Å². The summed E-state index contributed by atoms with van der Waals surface area (Å²) in [6.45, 7) is 41.8. The summed E-state index contributed by atoms with van der Waals surface area (Å²) in [6.07, 6.45) is 11.7. The van der Waals surface area contributed by atoms with Crippen LogP contribution in [0.25, 0.3) is 0 Å². The van der Waals surface area contributed by atoms with Gasteiger partial charge in [0.25, 0.3) is 0 Å². The lowest BCUT2D eigenvalue weighted by Crippen LogP contribution is -2.12. The maximum atomic E-state index is 10.9. The van der Waals surface area contributed by atoms with Crippen LogP contribution in [0.1, 0.15) is 26.7 Å². The number of ether oxygens (including phenoxy) is 12. The second-order valence-corrected chi connectivity index (χ2v) is 10.1. The van der Waals surface area contributed by atoms with Crippen molar-refractivity contribution in [3.8, 4) is 0 Å². The second kappa shape index (κ2) is 54.8. The van der Waals surface area contributed by atoms with Crippen LogP contribution in [0.4, 0.5) is 0 Å². The lowest BCUT2D eigenvalue weighted by atomic mass is 10.3. The van der Waals surface area contributed by atoms with Crippen LogP contribution in [0.5, 0.6) is 0 Å². The molecular formula is C43H66O17. The van der Waals surface area contributed by atoms with Gasteiger partial charge in [-0.3, -0.25) is 0 Å². The highest BCUT2D eigenvalue weighted by atomic mass is 16.6. The fraction of sp³-hybridized carbons (Fsp3) is 0.419. The lowest BCUT2D eigenvalue weighted by molar-refractivity contribution is -0.141. The molecule has 0 amide bonds. The van der Waals surface area contributed by atoms with E-state index in [1.807, 2.05) is 0 Å². The highest BCUT2D eigenvalue weighted by Crippen LogP contribution is 1.94. The van der Waals surface area contributed by atoms with E-state index in [2.05, 4.69) is 80.0 Å². The molecule has 0 aromatic heterocycles. The molecule has 17 heteroatoms. The Labute approximate surface area is 355 Å². The molecule has 0 aromatic carbocycles. The Morgan fingerprint density at radius 1 is 0.350 bits per heavy atom. The topological polar surface area (TPSA) is 196 Å². The summed E-state index contributed by atoms with van der Waals surface area (Å²) in [5.74, 6) is -2.04. The van der Waals surface area contributed by atoms with Crippen LogP contribution in [0.2, 0.25) is 0 Å². The predicted octanol–water partition coefficient (Wildman–Crippen LogP) is 5.97. The molecule has 0 N–H and O–H groups in total. The molecule has 60 heavy (non-hydrogen) atoms. The molecule has 0 rings (SSSR count). The molecule has 0 heterocycles. The molecule has 0 saturated carbocycles. The quantitative estimate of drug-likeness (QED) is 0.0246. The molecule has 0 aromatic rings. The minimum atomic E-state index is -0.439. The van der Waals surface area contributed by atoms with E-state index in [1.165, 1.54) is 31.3 Å². The lowest BCUT2D eigenvalue weighted by Gasteiger charge is -2.05. The van der Waals surface area contributed by atoms with Gasteiger partial charge in [0, 0.05) is 29.4 Å². The molecule has 0 fully saturated rings. The zero-order chi connectivity index (χ0) is 46.5. The largest absolute Gasteiger partial charge is 0.502 e. The van der Waals surface area contributed by atoms with Crippen molar-refractivity contribution in [2.75, 3.05) is 92.5 Å². The normalized spacial score (nSPS) is 8.70. The van der Waals surface area contributed by atoms with Gasteiger partial charge in [0.2, 0.25) is 0 Å². The van der Waals surface area contributed by atoms with E-state index in [4.69, 9.17) is 42.6 Å². The molecule has 0 saturated heterocycles. The Balaban J connectivity index is -0.000000211. The van der Waals surface area contributed by atoms with E-state index >= 15 is 0 Å². The van der Waals surface area contributed by atoms with Crippen LogP contribution in [-0.4, -0.2) is 122 Å². The van der Waals surface area contributed by atoms with Gasteiger partial charge in [-0.1, -0.05) is 65.8 Å². The zero-order valence-corrected chi connectivity index (χ0v) is 35.4. The Bertz CT molecular complexity index is 1240. The number of rotatable bonds is 33. The summed E-state index contributed by atoms with van der Waals surface area (Å²) in [6, 6.07) is 0. The van der Waals surface area contributed by atoms with E-state index in [0.717, 1.165) is 31.1 Å². The molecule has 0 aliphatic carbocycles. The van der Waals surface area contributed by atoms with E-state index in [9.17, 15) is 24.0 Å².